The number of esters is 2. The van der Waals surface area contributed by atoms with Gasteiger partial charge in [0.2, 0.25) is 17.7 Å². The zero-order valence-corrected chi connectivity index (χ0v) is 32.4. The third kappa shape index (κ3) is 23.0. The Labute approximate surface area is 302 Å². The van der Waals surface area contributed by atoms with Crippen molar-refractivity contribution in [2.24, 2.45) is 28.1 Å². The number of carbonyl (C=O) groups excluding carboxylic acids is 6. The molecule has 10 N–H and O–H groups in total. The van der Waals surface area contributed by atoms with Gasteiger partial charge in [0, 0.05) is 13.1 Å². The van der Waals surface area contributed by atoms with E-state index < -0.39 is 89.1 Å². The van der Waals surface area contributed by atoms with Crippen molar-refractivity contribution in [3.8, 4) is 0 Å². The fourth-order valence-electron chi connectivity index (χ4n) is 4.32. The van der Waals surface area contributed by atoms with Gasteiger partial charge in [-0.1, -0.05) is 13.8 Å². The van der Waals surface area contributed by atoms with Crippen LogP contribution in [0.15, 0.2) is 4.99 Å². The van der Waals surface area contributed by atoms with Gasteiger partial charge >= 0.3 is 18.0 Å². The number of hydrogen-bond donors (Lipinski definition) is 7. The van der Waals surface area contributed by atoms with Gasteiger partial charge in [-0.25, -0.2) is 9.59 Å². The smallest absolute Gasteiger partial charge is 0.407 e. The number of aliphatic imine (C=N–C) groups is 1. The van der Waals surface area contributed by atoms with Crippen molar-refractivity contribution >= 4 is 41.7 Å². The number of alkyl carbamates (subject to hydrolysis) is 1. The first-order chi connectivity index (χ1) is 23.2. The molecular formula is C34H64N8O9. The third-order valence-electron chi connectivity index (χ3n) is 6.57. The number of nitrogens with one attached hydrogen (secondary N) is 4. The summed E-state index contributed by atoms with van der Waals surface area (Å²) in [6.45, 7) is 19.1. The molecule has 4 amide bonds. The lowest BCUT2D eigenvalue weighted by molar-refractivity contribution is -0.160. The first-order valence-electron chi connectivity index (χ1n) is 17.3. The van der Waals surface area contributed by atoms with Crippen LogP contribution in [0.1, 0.15) is 115 Å². The van der Waals surface area contributed by atoms with Crippen LogP contribution >= 0.6 is 0 Å². The van der Waals surface area contributed by atoms with Gasteiger partial charge in [-0.15, -0.1) is 0 Å². The van der Waals surface area contributed by atoms with Gasteiger partial charge in [-0.3, -0.25) is 24.2 Å². The molecule has 294 valence electrons. The number of guanidine groups is 1. The minimum absolute atomic E-state index is 0.0849. The first kappa shape index (κ1) is 46.9. The third-order valence-corrected chi connectivity index (χ3v) is 6.57. The highest BCUT2D eigenvalue weighted by Gasteiger charge is 2.35. The van der Waals surface area contributed by atoms with E-state index in [2.05, 4.69) is 26.3 Å². The van der Waals surface area contributed by atoms with Crippen LogP contribution in [0.25, 0.3) is 0 Å². The molecule has 0 unspecified atom stereocenters. The number of nitrogens with two attached hydrogens (primary N) is 3. The number of carbonyl (C=O) groups is 6. The predicted molar refractivity (Wildman–Crippen MR) is 193 cm³/mol. The van der Waals surface area contributed by atoms with Crippen LogP contribution in [0.2, 0.25) is 0 Å². The zero-order valence-electron chi connectivity index (χ0n) is 32.4. The Kier molecular flexibility index (Phi) is 19.5. The Hall–Kier alpha value is -4.15. The van der Waals surface area contributed by atoms with E-state index in [1.54, 1.807) is 76.2 Å². The summed E-state index contributed by atoms with van der Waals surface area (Å²) < 4.78 is 16.1. The van der Waals surface area contributed by atoms with Gasteiger partial charge in [-0.2, -0.15) is 0 Å². The van der Waals surface area contributed by atoms with E-state index in [4.69, 9.17) is 31.4 Å². The van der Waals surface area contributed by atoms with Crippen LogP contribution in [-0.2, 0) is 38.2 Å². The van der Waals surface area contributed by atoms with Crippen molar-refractivity contribution in [3.63, 3.8) is 0 Å². The highest BCUT2D eigenvalue weighted by molar-refractivity contribution is 5.96. The second-order valence-corrected chi connectivity index (χ2v) is 15.7. The van der Waals surface area contributed by atoms with Gasteiger partial charge in [-0.05, 0) is 100 Å². The van der Waals surface area contributed by atoms with E-state index in [0.717, 1.165) is 0 Å². The maximum absolute atomic E-state index is 13.8. The van der Waals surface area contributed by atoms with Crippen LogP contribution in [0.3, 0.4) is 0 Å². The van der Waals surface area contributed by atoms with Crippen LogP contribution in [0.4, 0.5) is 4.79 Å². The molecule has 0 radical (unpaired) electrons. The van der Waals surface area contributed by atoms with E-state index in [1.807, 2.05) is 0 Å². The summed E-state index contributed by atoms with van der Waals surface area (Å²) >= 11 is 0. The van der Waals surface area contributed by atoms with Gasteiger partial charge in [0.15, 0.2) is 5.96 Å². The Morgan fingerprint density at radius 2 is 1.20 bits per heavy atom. The Morgan fingerprint density at radius 1 is 0.667 bits per heavy atom. The lowest BCUT2D eigenvalue weighted by Crippen LogP contribution is -2.58. The molecule has 0 aromatic heterocycles. The summed E-state index contributed by atoms with van der Waals surface area (Å²) in [7, 11) is 0. The van der Waals surface area contributed by atoms with Crippen molar-refractivity contribution < 1.29 is 43.0 Å². The number of amides is 4. The average molecular weight is 729 g/mol. The SMILES string of the molecule is CC(C)[C@H](NC(=O)[C@H](CC(=O)OC(C)(C)C)NC(=O)[C@H](CCCCNC(=O)OC(C)(C)C)NC(=O)[C@@H](N)CCCN=C(N)N)C(=O)OC(C)(C)C. The molecule has 0 bridgehead atoms. The molecule has 4 atom stereocenters. The standard InChI is InChI=1S/C34H64N8O9/c1-20(2)25(29(47)50-33(6,7)8)42-28(46)23(19-24(43)49-32(3,4)5)41-27(45)22(16-12-13-17-39-31(48)51-34(9,10)11)40-26(44)21(35)15-14-18-38-30(36)37/h20-23,25H,12-19,35H2,1-11H3,(H,39,48)(H,40,44)(H,41,45)(H,42,46)(H4,36,37,38)/t21-,22-,23-,25-/m0/s1. The molecule has 51 heavy (non-hydrogen) atoms. The molecule has 0 fully saturated rings. The van der Waals surface area contributed by atoms with Gasteiger partial charge < -0.3 is 52.7 Å². The fourth-order valence-corrected chi connectivity index (χ4v) is 4.32. The molecule has 17 nitrogen and oxygen atoms in total. The second-order valence-electron chi connectivity index (χ2n) is 15.7. The van der Waals surface area contributed by atoms with E-state index in [0.29, 0.717) is 19.3 Å². The van der Waals surface area contributed by atoms with Crippen LogP contribution in [0, 0.1) is 5.92 Å². The first-order valence-corrected chi connectivity index (χ1v) is 17.3. The monoisotopic (exact) mass is 728 g/mol. The van der Waals surface area contributed by atoms with E-state index in [9.17, 15) is 28.8 Å². The maximum atomic E-state index is 13.8. The average Bonchev–Trinajstić information content (AvgIpc) is 2.93. The van der Waals surface area contributed by atoms with Crippen LogP contribution in [-0.4, -0.2) is 95.8 Å². The molecule has 0 aromatic carbocycles. The van der Waals surface area contributed by atoms with Gasteiger partial charge in [0.05, 0.1) is 12.5 Å². The quantitative estimate of drug-likeness (QED) is 0.0326. The molecule has 0 aliphatic heterocycles. The summed E-state index contributed by atoms with van der Waals surface area (Å²) in [5.74, 6) is -4.21. The Bertz CT molecular complexity index is 1200. The van der Waals surface area contributed by atoms with Crippen molar-refractivity contribution in [2.75, 3.05) is 13.1 Å². The van der Waals surface area contributed by atoms with E-state index >= 15 is 0 Å². The van der Waals surface area contributed by atoms with E-state index in [1.165, 1.54) is 0 Å². The number of rotatable bonds is 19. The Balaban J connectivity index is 6.13. The summed E-state index contributed by atoms with van der Waals surface area (Å²) in [6.07, 6.45) is 0.287. The van der Waals surface area contributed by atoms with Crippen LogP contribution in [0.5, 0.6) is 0 Å². The number of hydrogen-bond acceptors (Lipinski definition) is 11. The Morgan fingerprint density at radius 3 is 1.71 bits per heavy atom. The van der Waals surface area contributed by atoms with Crippen molar-refractivity contribution in [1.29, 1.82) is 0 Å². The minimum atomic E-state index is -1.49. The van der Waals surface area contributed by atoms with Gasteiger partial charge in [0.25, 0.3) is 0 Å². The molecule has 0 saturated heterocycles. The highest BCUT2D eigenvalue weighted by atomic mass is 16.6. The molecule has 0 heterocycles. The summed E-state index contributed by atoms with van der Waals surface area (Å²) in [6, 6.07) is -4.79. The molecule has 0 aromatic rings. The number of unbranched alkanes of at least 4 members (excludes halogenated alkanes) is 1. The molecule has 0 spiro atoms. The van der Waals surface area contributed by atoms with E-state index in [-0.39, 0.29) is 31.9 Å². The summed E-state index contributed by atoms with van der Waals surface area (Å²) in [4.78, 5) is 82.2. The molecule has 17 heteroatoms. The number of nitrogens with zero attached hydrogens (tertiary/aromatic N) is 1. The van der Waals surface area contributed by atoms with Crippen molar-refractivity contribution in [3.05, 3.63) is 0 Å². The largest absolute Gasteiger partial charge is 0.460 e. The highest BCUT2D eigenvalue weighted by Crippen LogP contribution is 2.15. The van der Waals surface area contributed by atoms with Crippen LogP contribution < -0.4 is 38.5 Å². The van der Waals surface area contributed by atoms with Gasteiger partial charge in [0.1, 0.15) is 34.9 Å². The van der Waals surface area contributed by atoms with Crippen molar-refractivity contribution in [1.82, 2.24) is 21.3 Å². The molecule has 0 aliphatic rings. The molecule has 0 rings (SSSR count). The summed E-state index contributed by atoms with van der Waals surface area (Å²) in [5.41, 5.74) is 14.4. The lowest BCUT2D eigenvalue weighted by Gasteiger charge is -2.29. The fraction of sp³-hybridized carbons (Fsp3) is 0.794. The molecule has 0 saturated carbocycles. The topological polar surface area (TPSA) is 269 Å². The summed E-state index contributed by atoms with van der Waals surface area (Å²) in [5, 5.41) is 10.5. The predicted octanol–water partition coefficient (Wildman–Crippen LogP) is 1.25. The zero-order chi connectivity index (χ0) is 39.7. The lowest BCUT2D eigenvalue weighted by atomic mass is 10.0. The van der Waals surface area contributed by atoms with Crippen molar-refractivity contribution in [2.45, 2.75) is 156 Å². The normalized spacial score (nSPS) is 14.2. The maximum Gasteiger partial charge on any atom is 0.407 e. The second kappa shape index (κ2) is 21.3. The minimum Gasteiger partial charge on any atom is -0.460 e. The molecule has 0 aliphatic carbocycles. The number of ether oxygens (including phenoxy) is 3. The molecular weight excluding hydrogens is 664 g/mol.